The second-order valence-electron chi connectivity index (χ2n) is 5.80. The molecule has 9 heteroatoms. The molecule has 0 bridgehead atoms. The molecular weight excluding hydrogens is 325 g/mol. The average molecular weight is 353 g/mol. The fraction of sp³-hybridized carbons (Fsp3) is 1.00. The van der Waals surface area contributed by atoms with Gasteiger partial charge in [-0.05, 0) is 39.5 Å². The van der Waals surface area contributed by atoms with E-state index in [4.69, 9.17) is 33.5 Å². The molecule has 2 atom stereocenters. The maximum Gasteiger partial charge on any atom is 0.403 e. The predicted molar refractivity (Wildman–Crippen MR) is 82.7 cm³/mol. The van der Waals surface area contributed by atoms with Crippen LogP contribution in [-0.4, -0.2) is 51.2 Å². The van der Waals surface area contributed by atoms with Crippen LogP contribution in [0.5, 0.6) is 0 Å². The van der Waals surface area contributed by atoms with Crippen LogP contribution >= 0.6 is 7.75 Å². The van der Waals surface area contributed by atoms with Crippen LogP contribution < -0.4 is 5.50 Å². The van der Waals surface area contributed by atoms with Crippen molar-refractivity contribution in [3.05, 3.63) is 0 Å². The zero-order valence-corrected chi connectivity index (χ0v) is 14.7. The van der Waals surface area contributed by atoms with Crippen molar-refractivity contribution in [3.8, 4) is 0 Å². The molecule has 2 heterocycles. The van der Waals surface area contributed by atoms with Gasteiger partial charge >= 0.3 is 7.75 Å². The number of ether oxygens (including phenoxy) is 4. The molecule has 0 aromatic rings. The number of hydrogen-bond acceptors (Lipinski definition) is 7. The van der Waals surface area contributed by atoms with Gasteiger partial charge in [0, 0.05) is 26.4 Å². The molecule has 0 radical (unpaired) electrons. The summed E-state index contributed by atoms with van der Waals surface area (Å²) in [6, 6.07) is 0. The number of rotatable bonds is 6. The smallest absolute Gasteiger partial charge is 0.350 e. The van der Waals surface area contributed by atoms with Gasteiger partial charge in [0.1, 0.15) is 12.2 Å². The lowest BCUT2D eigenvalue weighted by Gasteiger charge is -2.28. The molecule has 0 aromatic carbocycles. The van der Waals surface area contributed by atoms with E-state index in [1.54, 1.807) is 13.8 Å². The van der Waals surface area contributed by atoms with Crippen LogP contribution in [0.3, 0.4) is 0 Å². The van der Waals surface area contributed by atoms with E-state index in [1.807, 2.05) is 0 Å². The van der Waals surface area contributed by atoms with Crippen molar-refractivity contribution in [2.24, 2.45) is 5.50 Å². The van der Waals surface area contributed by atoms with Crippen LogP contribution in [0.2, 0.25) is 0 Å². The summed E-state index contributed by atoms with van der Waals surface area (Å²) in [7, 11) is -3.79. The highest BCUT2D eigenvalue weighted by Gasteiger charge is 2.33. The van der Waals surface area contributed by atoms with Gasteiger partial charge in [0.25, 0.3) is 0 Å². The topological polar surface area (TPSA) is 98.5 Å². The number of hydrogen-bond donors (Lipinski definition) is 1. The lowest BCUT2D eigenvalue weighted by atomic mass is 10.3. The first kappa shape index (κ1) is 19.3. The van der Waals surface area contributed by atoms with Gasteiger partial charge in [-0.3, -0.25) is 9.05 Å². The van der Waals surface area contributed by atoms with Gasteiger partial charge in [0.05, 0.1) is 0 Å². The molecule has 2 N–H and O–H groups in total. The summed E-state index contributed by atoms with van der Waals surface area (Å²) in [6.45, 7) is 5.70. The lowest BCUT2D eigenvalue weighted by Crippen LogP contribution is -2.34. The zero-order chi connectivity index (χ0) is 16.7. The van der Waals surface area contributed by atoms with Gasteiger partial charge in [-0.25, -0.2) is 10.1 Å². The van der Waals surface area contributed by atoms with Crippen molar-refractivity contribution in [1.29, 1.82) is 0 Å². The molecule has 2 saturated heterocycles. The third-order valence-electron chi connectivity index (χ3n) is 3.60. The van der Waals surface area contributed by atoms with Crippen LogP contribution in [0, 0.1) is 0 Å². The molecular formula is C14H28NO7P. The van der Waals surface area contributed by atoms with Gasteiger partial charge in [-0.15, -0.1) is 0 Å². The first-order valence-electron chi connectivity index (χ1n) is 8.20. The summed E-state index contributed by atoms with van der Waals surface area (Å²) in [5.41, 5.74) is 5.70. The molecule has 2 aliphatic rings. The molecule has 2 fully saturated rings. The first-order chi connectivity index (χ1) is 11.0. The third kappa shape index (κ3) is 6.76. The van der Waals surface area contributed by atoms with Gasteiger partial charge in [-0.1, -0.05) is 0 Å². The van der Waals surface area contributed by atoms with E-state index in [2.05, 4.69) is 0 Å². The fourth-order valence-electron chi connectivity index (χ4n) is 2.43. The Morgan fingerprint density at radius 1 is 0.826 bits per heavy atom. The molecule has 0 aromatic heterocycles. The summed E-state index contributed by atoms with van der Waals surface area (Å²) < 4.78 is 45.2. The molecule has 23 heavy (non-hydrogen) atoms. The van der Waals surface area contributed by atoms with Gasteiger partial charge in [0.15, 0.2) is 12.6 Å². The predicted octanol–water partition coefficient (Wildman–Crippen LogP) is 2.17. The maximum atomic E-state index is 12.4. The van der Waals surface area contributed by atoms with E-state index in [9.17, 15) is 4.57 Å². The van der Waals surface area contributed by atoms with E-state index in [1.165, 1.54) is 0 Å². The van der Waals surface area contributed by atoms with Crippen molar-refractivity contribution in [2.75, 3.05) is 26.4 Å². The van der Waals surface area contributed by atoms with E-state index < -0.39 is 32.5 Å². The Morgan fingerprint density at radius 3 is 1.43 bits per heavy atom. The minimum Gasteiger partial charge on any atom is -0.350 e. The van der Waals surface area contributed by atoms with Crippen molar-refractivity contribution in [1.82, 2.24) is 0 Å². The molecule has 136 valence electrons. The largest absolute Gasteiger partial charge is 0.403 e. The fourth-order valence-corrected chi connectivity index (χ4v) is 3.61. The van der Waals surface area contributed by atoms with Crippen molar-refractivity contribution in [2.45, 2.75) is 64.3 Å². The molecule has 0 amide bonds. The van der Waals surface area contributed by atoms with Crippen LogP contribution in [0.15, 0.2) is 0 Å². The molecule has 0 unspecified atom stereocenters. The Hall–Kier alpha value is -0.0500. The van der Waals surface area contributed by atoms with Gasteiger partial charge in [-0.2, -0.15) is 0 Å². The molecule has 2 rings (SSSR count). The Kier molecular flexibility index (Phi) is 7.91. The minimum atomic E-state index is -3.79. The highest BCUT2D eigenvalue weighted by atomic mass is 31.2. The van der Waals surface area contributed by atoms with E-state index in [0.29, 0.717) is 26.4 Å². The van der Waals surface area contributed by atoms with Crippen LogP contribution in [-0.2, 0) is 32.6 Å². The Morgan fingerprint density at radius 2 is 1.13 bits per heavy atom. The van der Waals surface area contributed by atoms with E-state index in [0.717, 1.165) is 25.7 Å². The summed E-state index contributed by atoms with van der Waals surface area (Å²) in [5.74, 6) is 0. The monoisotopic (exact) mass is 353 g/mol. The highest BCUT2D eigenvalue weighted by Crippen LogP contribution is 2.43. The average Bonchev–Trinajstić information content (AvgIpc) is 2.91. The normalized spacial score (nSPS) is 25.5. The quantitative estimate of drug-likeness (QED) is 0.726. The maximum absolute atomic E-state index is 12.4. The summed E-state index contributed by atoms with van der Waals surface area (Å²) in [5, 5.41) is 0. The summed E-state index contributed by atoms with van der Waals surface area (Å²) in [4.78, 5) is 0. The number of nitrogens with two attached hydrogens (primary N) is 1. The first-order valence-corrected chi connectivity index (χ1v) is 9.81. The lowest BCUT2D eigenvalue weighted by molar-refractivity contribution is -0.183. The van der Waals surface area contributed by atoms with Crippen molar-refractivity contribution < 1.29 is 32.6 Å². The molecule has 8 nitrogen and oxygen atoms in total. The molecule has 0 saturated carbocycles. The summed E-state index contributed by atoms with van der Waals surface area (Å²) in [6.07, 6.45) is 1.29. The second-order valence-corrected chi connectivity index (χ2v) is 7.30. The molecule has 2 aliphatic heterocycles. The minimum absolute atomic E-state index is 0.578. The SMILES string of the molecule is C[C@H](OP(N)(=O)O[C@@H](C)C1OCCCCO1)C1OCCCCO1. The van der Waals surface area contributed by atoms with Crippen molar-refractivity contribution >= 4 is 7.75 Å². The Bertz CT molecular complexity index is 349. The van der Waals surface area contributed by atoms with E-state index >= 15 is 0 Å². The molecule has 0 aliphatic carbocycles. The Labute approximate surface area is 137 Å². The standard InChI is InChI=1S/C14H28NO7P/c1-11(13-17-7-3-4-8-18-13)21-23(15,16)22-12(2)14-19-9-5-6-10-20-14/h11-14H,3-10H2,1-2H3,(H2,15,16)/t11-,12-/m0/s1. The van der Waals surface area contributed by atoms with Gasteiger partial charge in [0.2, 0.25) is 0 Å². The zero-order valence-electron chi connectivity index (χ0n) is 13.8. The van der Waals surface area contributed by atoms with Crippen molar-refractivity contribution in [3.63, 3.8) is 0 Å². The van der Waals surface area contributed by atoms with Crippen LogP contribution in [0.1, 0.15) is 39.5 Å². The van der Waals surface area contributed by atoms with Crippen LogP contribution in [0.4, 0.5) is 0 Å². The third-order valence-corrected chi connectivity index (χ3v) is 4.85. The molecule has 0 spiro atoms. The Balaban J connectivity index is 1.83. The highest BCUT2D eigenvalue weighted by molar-refractivity contribution is 7.51. The van der Waals surface area contributed by atoms with Crippen LogP contribution in [0.25, 0.3) is 0 Å². The second kappa shape index (κ2) is 9.44. The summed E-state index contributed by atoms with van der Waals surface area (Å²) >= 11 is 0. The van der Waals surface area contributed by atoms with E-state index in [-0.39, 0.29) is 0 Å². The van der Waals surface area contributed by atoms with Gasteiger partial charge < -0.3 is 18.9 Å².